The van der Waals surface area contributed by atoms with Crippen LogP contribution in [-0.2, 0) is 11.2 Å². The molecule has 0 saturated carbocycles. The minimum absolute atomic E-state index is 0.0279. The van der Waals surface area contributed by atoms with Gasteiger partial charge in [0.25, 0.3) is 0 Å². The summed E-state index contributed by atoms with van der Waals surface area (Å²) in [7, 11) is 1.66. The second kappa shape index (κ2) is 8.90. The lowest BCUT2D eigenvalue weighted by Gasteiger charge is -2.39. The lowest BCUT2D eigenvalue weighted by Crippen LogP contribution is -2.32. The number of pyridine rings is 1. The fourth-order valence-electron chi connectivity index (χ4n) is 4.39. The number of furan rings is 1. The summed E-state index contributed by atoms with van der Waals surface area (Å²) in [5.74, 6) is -0.468. The van der Waals surface area contributed by atoms with E-state index in [9.17, 15) is 14.7 Å². The number of rotatable bonds is 7. The molecule has 33 heavy (non-hydrogen) atoms. The van der Waals surface area contributed by atoms with Gasteiger partial charge in [0.05, 0.1) is 24.8 Å². The van der Waals surface area contributed by atoms with Gasteiger partial charge >= 0.3 is 5.97 Å². The van der Waals surface area contributed by atoms with Gasteiger partial charge in [-0.05, 0) is 35.6 Å². The zero-order valence-corrected chi connectivity index (χ0v) is 19.4. The number of carbonyl (C=O) groups is 1. The molecule has 0 spiro atoms. The highest BCUT2D eigenvalue weighted by atomic mass is 16.5. The summed E-state index contributed by atoms with van der Waals surface area (Å²) in [6, 6.07) is 7.34. The number of carboxylic acid groups (broad SMARTS) is 1. The van der Waals surface area contributed by atoms with E-state index in [1.807, 2.05) is 22.8 Å². The SMILES string of the molecule is COCCCOc1cc2c(cc1-c1ccoc1)-c1cc(=O)c(C(=O)O)cn1C(C(C)(C)C)C2. The zero-order chi connectivity index (χ0) is 23.8. The van der Waals surface area contributed by atoms with Gasteiger partial charge in [-0.3, -0.25) is 4.79 Å². The minimum Gasteiger partial charge on any atom is -0.493 e. The first-order valence-electron chi connectivity index (χ1n) is 11.0. The number of methoxy groups -OCH3 is 1. The maximum absolute atomic E-state index is 12.6. The highest BCUT2D eigenvalue weighted by molar-refractivity contribution is 5.88. The van der Waals surface area contributed by atoms with Crippen molar-refractivity contribution in [1.29, 1.82) is 0 Å². The van der Waals surface area contributed by atoms with Gasteiger partial charge in [0.15, 0.2) is 5.43 Å². The van der Waals surface area contributed by atoms with Gasteiger partial charge in [-0.25, -0.2) is 4.79 Å². The molecule has 174 valence electrons. The van der Waals surface area contributed by atoms with E-state index < -0.39 is 11.4 Å². The van der Waals surface area contributed by atoms with Crippen LogP contribution in [0.1, 0.15) is 49.2 Å². The van der Waals surface area contributed by atoms with Crippen molar-refractivity contribution < 1.29 is 23.8 Å². The lowest BCUT2D eigenvalue weighted by atomic mass is 9.78. The number of aromatic nitrogens is 1. The maximum Gasteiger partial charge on any atom is 0.341 e. The van der Waals surface area contributed by atoms with Crippen LogP contribution in [0.2, 0.25) is 0 Å². The monoisotopic (exact) mass is 451 g/mol. The molecule has 1 aliphatic rings. The summed E-state index contributed by atoms with van der Waals surface area (Å²) < 4.78 is 18.5. The van der Waals surface area contributed by atoms with Crippen molar-refractivity contribution in [2.75, 3.05) is 20.3 Å². The molecule has 1 atom stereocenters. The fourth-order valence-corrected chi connectivity index (χ4v) is 4.39. The van der Waals surface area contributed by atoms with Crippen molar-refractivity contribution in [3.05, 3.63) is 64.3 Å². The maximum atomic E-state index is 12.6. The van der Waals surface area contributed by atoms with Crippen molar-refractivity contribution in [3.63, 3.8) is 0 Å². The molecule has 0 fully saturated rings. The summed E-state index contributed by atoms with van der Waals surface area (Å²) in [4.78, 5) is 24.3. The molecule has 1 unspecified atom stereocenters. The average molecular weight is 452 g/mol. The molecular formula is C26H29NO6. The summed E-state index contributed by atoms with van der Waals surface area (Å²) in [6.45, 7) is 7.48. The van der Waals surface area contributed by atoms with E-state index in [1.165, 1.54) is 12.3 Å². The summed E-state index contributed by atoms with van der Waals surface area (Å²) in [5.41, 5.74) is 3.51. The van der Waals surface area contributed by atoms with Crippen LogP contribution in [0.5, 0.6) is 5.75 Å². The number of ether oxygens (including phenoxy) is 2. The number of hydrogen-bond donors (Lipinski definition) is 1. The summed E-state index contributed by atoms with van der Waals surface area (Å²) in [5, 5.41) is 9.53. The molecule has 0 saturated heterocycles. The molecule has 0 aliphatic carbocycles. The number of carboxylic acids is 1. The molecule has 4 rings (SSSR count). The van der Waals surface area contributed by atoms with Crippen LogP contribution >= 0.6 is 0 Å². The molecule has 2 aromatic heterocycles. The molecule has 7 nitrogen and oxygen atoms in total. The molecular weight excluding hydrogens is 422 g/mol. The smallest absolute Gasteiger partial charge is 0.341 e. The standard InChI is InChI=1S/C26H29NO6/c1-26(2,3)24-11-17-10-23(33-8-5-7-31-4)19(16-6-9-32-15-16)12-18(17)21-13-22(28)20(25(29)30)14-27(21)24/h6,9-10,12-15,24H,5,7-8,11H2,1-4H3,(H,29,30). The molecule has 1 aliphatic heterocycles. The lowest BCUT2D eigenvalue weighted by molar-refractivity contribution is 0.0693. The Morgan fingerprint density at radius 3 is 2.64 bits per heavy atom. The summed E-state index contributed by atoms with van der Waals surface area (Å²) in [6.07, 6.45) is 6.21. The zero-order valence-electron chi connectivity index (χ0n) is 19.4. The van der Waals surface area contributed by atoms with Crippen LogP contribution in [0.25, 0.3) is 22.4 Å². The second-order valence-corrected chi connectivity index (χ2v) is 9.45. The number of fused-ring (bicyclic) bond motifs is 3. The highest BCUT2D eigenvalue weighted by Crippen LogP contribution is 2.46. The Bertz CT molecular complexity index is 1220. The van der Waals surface area contributed by atoms with Crippen LogP contribution in [0.15, 0.2) is 52.2 Å². The Morgan fingerprint density at radius 2 is 2.00 bits per heavy atom. The Labute approximate surface area is 192 Å². The van der Waals surface area contributed by atoms with Crippen molar-refractivity contribution >= 4 is 5.97 Å². The van der Waals surface area contributed by atoms with Crippen LogP contribution in [0.3, 0.4) is 0 Å². The van der Waals surface area contributed by atoms with Gasteiger partial charge in [-0.15, -0.1) is 0 Å². The third-order valence-corrected chi connectivity index (χ3v) is 6.12. The van der Waals surface area contributed by atoms with Gasteiger partial charge in [-0.2, -0.15) is 0 Å². The normalized spacial score (nSPS) is 15.1. The van der Waals surface area contributed by atoms with E-state index in [4.69, 9.17) is 13.9 Å². The van der Waals surface area contributed by atoms with E-state index in [-0.39, 0.29) is 17.0 Å². The molecule has 3 heterocycles. The fraction of sp³-hybridized carbons (Fsp3) is 0.385. The van der Waals surface area contributed by atoms with Gasteiger partial charge in [-0.1, -0.05) is 20.8 Å². The first-order chi connectivity index (χ1) is 15.7. The number of aromatic carboxylic acids is 1. The Kier molecular flexibility index (Phi) is 6.17. The van der Waals surface area contributed by atoms with Crippen molar-refractivity contribution in [3.8, 4) is 28.1 Å². The highest BCUT2D eigenvalue weighted by Gasteiger charge is 2.34. The summed E-state index contributed by atoms with van der Waals surface area (Å²) >= 11 is 0. The molecule has 0 bridgehead atoms. The Morgan fingerprint density at radius 1 is 1.21 bits per heavy atom. The van der Waals surface area contributed by atoms with Crippen molar-refractivity contribution in [1.82, 2.24) is 4.57 Å². The third kappa shape index (κ3) is 4.46. The van der Waals surface area contributed by atoms with E-state index in [1.54, 1.807) is 19.6 Å². The van der Waals surface area contributed by atoms with Gasteiger partial charge in [0.2, 0.25) is 0 Å². The van der Waals surface area contributed by atoms with Crippen LogP contribution < -0.4 is 10.2 Å². The first kappa shape index (κ1) is 22.9. The van der Waals surface area contributed by atoms with Crippen LogP contribution in [0, 0.1) is 5.41 Å². The first-order valence-corrected chi connectivity index (χ1v) is 11.0. The molecule has 0 radical (unpaired) electrons. The van der Waals surface area contributed by atoms with Crippen LogP contribution in [-0.4, -0.2) is 36.0 Å². The van der Waals surface area contributed by atoms with Crippen LogP contribution in [0.4, 0.5) is 0 Å². The molecule has 1 aromatic carbocycles. The van der Waals surface area contributed by atoms with Gasteiger partial charge in [0.1, 0.15) is 11.3 Å². The predicted molar refractivity (Wildman–Crippen MR) is 125 cm³/mol. The van der Waals surface area contributed by atoms with Gasteiger partial charge < -0.3 is 23.6 Å². The van der Waals surface area contributed by atoms with Crippen molar-refractivity contribution in [2.45, 2.75) is 39.7 Å². The van der Waals surface area contributed by atoms with Crippen molar-refractivity contribution in [2.24, 2.45) is 5.41 Å². The molecule has 0 amide bonds. The Balaban J connectivity index is 1.90. The quantitative estimate of drug-likeness (QED) is 0.507. The number of nitrogens with zero attached hydrogens (tertiary/aromatic N) is 1. The third-order valence-electron chi connectivity index (χ3n) is 6.12. The minimum atomic E-state index is -1.22. The van der Waals surface area contributed by atoms with E-state index >= 15 is 0 Å². The number of hydrogen-bond acceptors (Lipinski definition) is 5. The molecule has 1 N–H and O–H groups in total. The predicted octanol–water partition coefficient (Wildman–Crippen LogP) is 5.03. The molecule has 7 heteroatoms. The van der Waals surface area contributed by atoms with E-state index in [0.29, 0.717) is 25.3 Å². The topological polar surface area (TPSA) is 90.9 Å². The van der Waals surface area contributed by atoms with E-state index in [2.05, 4.69) is 20.8 Å². The largest absolute Gasteiger partial charge is 0.493 e. The van der Waals surface area contributed by atoms with Gasteiger partial charge in [0, 0.05) is 55.1 Å². The Hall–Kier alpha value is -3.32. The second-order valence-electron chi connectivity index (χ2n) is 9.45. The van der Waals surface area contributed by atoms with E-state index in [0.717, 1.165) is 34.4 Å². The molecule has 3 aromatic rings. The average Bonchev–Trinajstić information content (AvgIpc) is 3.29. The number of benzene rings is 1.